The lowest BCUT2D eigenvalue weighted by Crippen LogP contribution is -2.73. The number of hydrogen-bond acceptors (Lipinski definition) is 9. The number of carbonyl (C=O) groups excluding carboxylic acids is 1. The van der Waals surface area contributed by atoms with Crippen LogP contribution in [0, 0.1) is 5.41 Å². The van der Waals surface area contributed by atoms with Crippen molar-refractivity contribution in [1.29, 1.82) is 0 Å². The van der Waals surface area contributed by atoms with E-state index in [1.165, 1.54) is 31.3 Å². The molecular formula is C35H47ClF3N8O6+. The minimum absolute atomic E-state index is 0.225. The molecule has 0 atom stereocenters. The minimum Gasteiger partial charge on any atom is -0.492 e. The van der Waals surface area contributed by atoms with Crippen molar-refractivity contribution in [3.63, 3.8) is 0 Å². The van der Waals surface area contributed by atoms with Gasteiger partial charge in [0.25, 0.3) is 12.4 Å². The van der Waals surface area contributed by atoms with Gasteiger partial charge in [-0.3, -0.25) is 14.6 Å². The van der Waals surface area contributed by atoms with E-state index in [1.54, 1.807) is 0 Å². The Kier molecular flexibility index (Phi) is 20.8. The van der Waals surface area contributed by atoms with Gasteiger partial charge in [-0.2, -0.15) is 28.6 Å². The lowest BCUT2D eigenvalue weighted by atomic mass is 9.92. The van der Waals surface area contributed by atoms with Gasteiger partial charge in [-0.1, -0.05) is 31.5 Å². The molecule has 3 aromatic rings. The van der Waals surface area contributed by atoms with E-state index in [9.17, 15) is 23.2 Å². The molecule has 0 heterocycles. The largest absolute Gasteiger partial charge is 0.492 e. The normalized spacial score (nSPS) is 11.4. The summed E-state index contributed by atoms with van der Waals surface area (Å²) in [7, 11) is 1.50. The van der Waals surface area contributed by atoms with Crippen molar-refractivity contribution < 1.29 is 48.0 Å². The molecule has 0 aliphatic heterocycles. The number of aliphatic imine (C=N–C) groups is 3. The molecule has 0 fully saturated rings. The van der Waals surface area contributed by atoms with E-state index < -0.39 is 18.8 Å². The molecule has 290 valence electrons. The number of anilines is 1. The van der Waals surface area contributed by atoms with Gasteiger partial charge >= 0.3 is 12.2 Å². The SMILES string of the molecule is C=NCc1ccc(OCCCN(CC(C)(C)CNC(=O)c2ccc(N=C(/N=C/N)OCC(F)(F)F)cc2)c2ccc([NH2+]O)cc2)c(Cl)c1.CN.O=CO. The van der Waals surface area contributed by atoms with E-state index in [1.807, 2.05) is 56.3 Å². The van der Waals surface area contributed by atoms with Crippen molar-refractivity contribution in [1.82, 2.24) is 5.32 Å². The Balaban J connectivity index is 0.00000267. The number of hydrogen-bond donors (Lipinski definition) is 6. The van der Waals surface area contributed by atoms with Crippen LogP contribution in [0.2, 0.25) is 5.02 Å². The molecule has 0 bridgehead atoms. The summed E-state index contributed by atoms with van der Waals surface area (Å²) in [6, 6.07) is 18.3. The third kappa shape index (κ3) is 18.2. The second-order valence-electron chi connectivity index (χ2n) is 11.6. The Morgan fingerprint density at radius 1 is 1.09 bits per heavy atom. The summed E-state index contributed by atoms with van der Waals surface area (Å²) in [6.07, 6.45) is -3.12. The maximum atomic E-state index is 13.0. The zero-order chi connectivity index (χ0) is 39.9. The molecule has 3 rings (SSSR count). The number of nitrogens with one attached hydrogen (secondary N) is 1. The predicted molar refractivity (Wildman–Crippen MR) is 200 cm³/mol. The number of ether oxygens (including phenoxy) is 2. The Morgan fingerprint density at radius 3 is 2.28 bits per heavy atom. The zero-order valence-corrected chi connectivity index (χ0v) is 30.5. The first-order valence-electron chi connectivity index (χ1n) is 16.0. The fraction of sp³-hybridized carbons (Fsp3) is 0.343. The number of nitrogens with zero attached hydrogens (tertiary/aromatic N) is 4. The smallest absolute Gasteiger partial charge is 0.422 e. The van der Waals surface area contributed by atoms with Gasteiger partial charge in [-0.05, 0) is 79.7 Å². The molecule has 0 unspecified atom stereocenters. The monoisotopic (exact) mass is 767 g/mol. The molecule has 53 heavy (non-hydrogen) atoms. The van der Waals surface area contributed by atoms with Gasteiger partial charge in [0.1, 0.15) is 5.75 Å². The number of carboxylic acid groups (broad SMARTS) is 1. The first kappa shape index (κ1) is 45.8. The second-order valence-corrected chi connectivity index (χ2v) is 12.0. The highest BCUT2D eigenvalue weighted by molar-refractivity contribution is 6.32. The third-order valence-corrected chi connectivity index (χ3v) is 7.07. The van der Waals surface area contributed by atoms with Crippen LogP contribution in [-0.4, -0.2) is 87.8 Å². The molecule has 0 radical (unpaired) electrons. The fourth-order valence-electron chi connectivity index (χ4n) is 4.50. The first-order valence-corrected chi connectivity index (χ1v) is 16.3. The van der Waals surface area contributed by atoms with E-state index in [0.29, 0.717) is 61.2 Å². The van der Waals surface area contributed by atoms with Crippen LogP contribution in [0.5, 0.6) is 5.75 Å². The highest BCUT2D eigenvalue weighted by Gasteiger charge is 2.29. The average molecular weight is 768 g/mol. The molecule has 0 aromatic heterocycles. The van der Waals surface area contributed by atoms with Crippen LogP contribution in [0.25, 0.3) is 0 Å². The number of benzene rings is 3. The van der Waals surface area contributed by atoms with Crippen LogP contribution < -0.4 is 31.9 Å². The van der Waals surface area contributed by atoms with Gasteiger partial charge in [0.2, 0.25) is 0 Å². The standard InChI is InChI=1S/C33H39ClF3N7O4.CH5N.CH2O2/c1-32(2,19-40-30(45)24-6-8-25(9-7-24)42-31(41-22-38)48-21-33(35,36)37)20-44(27-12-10-26(43-46)11-13-27)15-4-16-47-29-14-5-23(18-39-3)17-28(29)34;1-2;2-1-3/h5-14,17,22,43,46H,3-4,15-16,18-21H2,1-2H3,(H,40,45)(H2,38,41,42);2H2,1H3;1H,(H,2,3)/p+1. The van der Waals surface area contributed by atoms with Gasteiger partial charge in [-0.25, -0.2) is 5.21 Å². The summed E-state index contributed by atoms with van der Waals surface area (Å²) in [5.74, 6) is 0.253. The Bertz CT molecular complexity index is 1610. The lowest BCUT2D eigenvalue weighted by Gasteiger charge is -2.34. The Morgan fingerprint density at radius 2 is 1.74 bits per heavy atom. The molecule has 0 aliphatic carbocycles. The highest BCUT2D eigenvalue weighted by atomic mass is 35.5. The maximum Gasteiger partial charge on any atom is 0.422 e. The first-order chi connectivity index (χ1) is 25.2. The number of rotatable bonds is 16. The molecule has 0 saturated heterocycles. The van der Waals surface area contributed by atoms with E-state index in [2.05, 4.69) is 42.4 Å². The molecule has 0 aliphatic rings. The van der Waals surface area contributed by atoms with Gasteiger partial charge < -0.3 is 36.3 Å². The fourth-order valence-corrected chi connectivity index (χ4v) is 4.76. The van der Waals surface area contributed by atoms with Gasteiger partial charge in [0.15, 0.2) is 12.3 Å². The summed E-state index contributed by atoms with van der Waals surface area (Å²) in [6.45, 7) is 8.19. The number of quaternary nitrogens is 1. The van der Waals surface area contributed by atoms with E-state index in [-0.39, 0.29) is 23.5 Å². The highest BCUT2D eigenvalue weighted by Crippen LogP contribution is 2.27. The Hall–Kier alpha value is -5.23. The molecule has 0 saturated carbocycles. The number of nitrogens with two attached hydrogens (primary N) is 3. The minimum atomic E-state index is -4.57. The topological polar surface area (TPSA) is 214 Å². The van der Waals surface area contributed by atoms with Crippen LogP contribution in [-0.2, 0) is 16.1 Å². The summed E-state index contributed by atoms with van der Waals surface area (Å²) in [4.78, 5) is 34.8. The summed E-state index contributed by atoms with van der Waals surface area (Å²) in [5, 5.41) is 19.7. The second kappa shape index (κ2) is 24.1. The van der Waals surface area contributed by atoms with E-state index >= 15 is 0 Å². The molecule has 3 aromatic carbocycles. The maximum absolute atomic E-state index is 13.0. The zero-order valence-electron chi connectivity index (χ0n) is 29.7. The molecule has 0 spiro atoms. The average Bonchev–Trinajstić information content (AvgIpc) is 3.13. The summed E-state index contributed by atoms with van der Waals surface area (Å²) in [5.41, 5.74) is 13.5. The number of alkyl halides is 3. The number of amidine groups is 1. The number of carbonyl (C=O) groups is 2. The third-order valence-electron chi connectivity index (χ3n) is 6.78. The van der Waals surface area contributed by atoms with Crippen LogP contribution in [0.15, 0.2) is 81.7 Å². The van der Waals surface area contributed by atoms with Crippen molar-refractivity contribution in [2.24, 2.45) is 31.9 Å². The Labute approximate surface area is 311 Å². The summed E-state index contributed by atoms with van der Waals surface area (Å²) >= 11 is 6.38. The number of amides is 1. The van der Waals surface area contributed by atoms with Gasteiger partial charge in [0.05, 0.1) is 30.2 Å². The molecular weight excluding hydrogens is 721 g/mol. The van der Waals surface area contributed by atoms with Crippen molar-refractivity contribution >= 4 is 60.1 Å². The van der Waals surface area contributed by atoms with Gasteiger partial charge in [-0.15, -0.1) is 0 Å². The predicted octanol–water partition coefficient (Wildman–Crippen LogP) is 4.69. The lowest BCUT2D eigenvalue weighted by molar-refractivity contribution is -0.825. The number of halogens is 4. The molecule has 1 amide bonds. The van der Waals surface area contributed by atoms with Crippen molar-refractivity contribution in [2.45, 2.75) is 33.0 Å². The molecule has 18 heteroatoms. The van der Waals surface area contributed by atoms with Crippen LogP contribution in [0.4, 0.5) is 30.2 Å². The van der Waals surface area contributed by atoms with Crippen molar-refractivity contribution in [2.75, 3.05) is 44.8 Å². The molecule has 14 nitrogen and oxygen atoms in total. The van der Waals surface area contributed by atoms with E-state index in [4.69, 9.17) is 32.0 Å². The van der Waals surface area contributed by atoms with Crippen molar-refractivity contribution in [3.8, 4) is 5.75 Å². The van der Waals surface area contributed by atoms with E-state index in [0.717, 1.165) is 23.1 Å². The van der Waals surface area contributed by atoms with Crippen LogP contribution >= 0.6 is 11.6 Å². The van der Waals surface area contributed by atoms with Crippen LogP contribution in [0.1, 0.15) is 36.2 Å². The molecule has 9 N–H and O–H groups in total. The quantitative estimate of drug-likeness (QED) is 0.0298. The van der Waals surface area contributed by atoms with Crippen LogP contribution in [0.3, 0.4) is 0 Å². The summed E-state index contributed by atoms with van der Waals surface area (Å²) < 4.78 is 48.1. The van der Waals surface area contributed by atoms with Gasteiger partial charge in [0, 0.05) is 43.0 Å². The van der Waals surface area contributed by atoms with Crippen molar-refractivity contribution in [3.05, 3.63) is 82.9 Å².